The van der Waals surface area contributed by atoms with E-state index in [1.54, 1.807) is 42.5 Å². The minimum atomic E-state index is -1.05. The normalized spacial score (nSPS) is 14.0. The Morgan fingerprint density at radius 2 is 1.69 bits per heavy atom. The number of ketones is 1. The van der Waals surface area contributed by atoms with Crippen LogP contribution in [0.3, 0.4) is 0 Å². The van der Waals surface area contributed by atoms with Crippen molar-refractivity contribution < 1.29 is 23.9 Å². The summed E-state index contributed by atoms with van der Waals surface area (Å²) >= 11 is 0. The minimum Gasteiger partial charge on any atom is -0.451 e. The Bertz CT molecular complexity index is 879. The summed E-state index contributed by atoms with van der Waals surface area (Å²) in [7, 11) is 0. The molecule has 0 aliphatic carbocycles. The van der Waals surface area contributed by atoms with Crippen LogP contribution in [0.2, 0.25) is 0 Å². The molecule has 7 heteroatoms. The largest absolute Gasteiger partial charge is 0.451 e. The average Bonchev–Trinajstić information content (AvgIpc) is 2.88. The zero-order valence-corrected chi connectivity index (χ0v) is 14.0. The molecule has 1 atom stereocenters. The van der Waals surface area contributed by atoms with E-state index >= 15 is 0 Å². The summed E-state index contributed by atoms with van der Waals surface area (Å²) in [5, 5.41) is 2.62. The molecule has 1 heterocycles. The Kier molecular flexibility index (Phi) is 4.79. The Morgan fingerprint density at radius 3 is 2.42 bits per heavy atom. The van der Waals surface area contributed by atoms with Gasteiger partial charge < -0.3 is 10.1 Å². The third-order valence-corrected chi connectivity index (χ3v) is 3.88. The lowest BCUT2D eigenvalue weighted by atomic mass is 10.1. The van der Waals surface area contributed by atoms with Gasteiger partial charge in [-0.25, -0.2) is 0 Å². The lowest BCUT2D eigenvalue weighted by molar-refractivity contribution is -0.152. The van der Waals surface area contributed by atoms with Crippen molar-refractivity contribution in [1.82, 2.24) is 0 Å². The summed E-state index contributed by atoms with van der Waals surface area (Å²) in [6, 6.07) is 15.2. The molecule has 2 aromatic rings. The second kappa shape index (κ2) is 7.18. The number of benzene rings is 2. The summed E-state index contributed by atoms with van der Waals surface area (Å²) in [5.41, 5.74) is 1.19. The first kappa shape index (κ1) is 17.3. The number of fused-ring (bicyclic) bond motifs is 1. The molecule has 0 spiro atoms. The van der Waals surface area contributed by atoms with Crippen LogP contribution in [0.25, 0.3) is 0 Å². The number of anilines is 2. The second-order valence-electron chi connectivity index (χ2n) is 5.72. The molecule has 0 radical (unpaired) electrons. The number of esters is 1. The molecule has 26 heavy (non-hydrogen) atoms. The number of hydrogen-bond donors (Lipinski definition) is 1. The number of ether oxygens (including phenoxy) is 1. The van der Waals surface area contributed by atoms with E-state index in [4.69, 9.17) is 4.74 Å². The highest BCUT2D eigenvalue weighted by molar-refractivity contribution is 6.52. The number of para-hydroxylation sites is 2. The smallest absolute Gasteiger partial charge is 0.326 e. The van der Waals surface area contributed by atoms with Crippen molar-refractivity contribution in [3.63, 3.8) is 0 Å². The van der Waals surface area contributed by atoms with E-state index in [1.165, 1.54) is 13.0 Å². The molecule has 1 N–H and O–H groups in total. The number of hydrogen-bond acceptors (Lipinski definition) is 5. The molecule has 0 aromatic heterocycles. The topological polar surface area (TPSA) is 92.8 Å². The summed E-state index contributed by atoms with van der Waals surface area (Å²) in [4.78, 5) is 49.2. The summed E-state index contributed by atoms with van der Waals surface area (Å²) < 4.78 is 5.09. The van der Waals surface area contributed by atoms with Gasteiger partial charge in [-0.05, 0) is 31.2 Å². The van der Waals surface area contributed by atoms with Crippen molar-refractivity contribution in [2.45, 2.75) is 13.0 Å². The number of nitrogens with zero attached hydrogens (tertiary/aromatic N) is 1. The van der Waals surface area contributed by atoms with Gasteiger partial charge in [-0.2, -0.15) is 0 Å². The molecule has 2 amide bonds. The fraction of sp³-hybridized carbons (Fsp3) is 0.158. The lowest BCUT2D eigenvalue weighted by Gasteiger charge is -2.18. The Balaban J connectivity index is 1.61. The van der Waals surface area contributed by atoms with Gasteiger partial charge in [0.1, 0.15) is 6.54 Å². The maximum Gasteiger partial charge on any atom is 0.326 e. The van der Waals surface area contributed by atoms with E-state index in [1.807, 2.05) is 6.07 Å². The van der Waals surface area contributed by atoms with Crippen LogP contribution >= 0.6 is 0 Å². The van der Waals surface area contributed by atoms with Gasteiger partial charge in [0, 0.05) is 5.69 Å². The number of nitrogens with one attached hydrogen (secondary N) is 1. The van der Waals surface area contributed by atoms with E-state index in [2.05, 4.69) is 5.32 Å². The van der Waals surface area contributed by atoms with Gasteiger partial charge >= 0.3 is 5.97 Å². The maximum atomic E-state index is 12.1. The molecule has 0 unspecified atom stereocenters. The predicted octanol–water partition coefficient (Wildman–Crippen LogP) is 1.79. The standard InChI is InChI=1S/C19H16N2O5/c1-12(18(24)20-13-7-3-2-4-8-13)26-16(22)11-21-15-10-6-5-9-14(15)17(23)19(21)25/h2-10,12H,11H2,1H3,(H,20,24)/t12-/m0/s1. The van der Waals surface area contributed by atoms with E-state index < -0.39 is 36.2 Å². The molecular formula is C19H16N2O5. The van der Waals surface area contributed by atoms with E-state index in [0.29, 0.717) is 11.4 Å². The maximum absolute atomic E-state index is 12.1. The number of carbonyl (C=O) groups is 4. The van der Waals surface area contributed by atoms with Crippen molar-refractivity contribution in [1.29, 1.82) is 0 Å². The van der Waals surface area contributed by atoms with Crippen molar-refractivity contribution in [2.75, 3.05) is 16.8 Å². The van der Waals surface area contributed by atoms with Crippen LogP contribution in [0.15, 0.2) is 54.6 Å². The molecule has 0 bridgehead atoms. The monoisotopic (exact) mass is 352 g/mol. The highest BCUT2D eigenvalue weighted by atomic mass is 16.5. The van der Waals surface area contributed by atoms with Gasteiger partial charge in [0.25, 0.3) is 17.6 Å². The lowest BCUT2D eigenvalue weighted by Crippen LogP contribution is -2.38. The Morgan fingerprint density at radius 1 is 1.04 bits per heavy atom. The van der Waals surface area contributed by atoms with E-state index in [-0.39, 0.29) is 5.56 Å². The van der Waals surface area contributed by atoms with E-state index in [0.717, 1.165) is 4.90 Å². The van der Waals surface area contributed by atoms with Crippen molar-refractivity contribution in [3.05, 3.63) is 60.2 Å². The highest BCUT2D eigenvalue weighted by Gasteiger charge is 2.37. The fourth-order valence-electron chi connectivity index (χ4n) is 2.59. The second-order valence-corrected chi connectivity index (χ2v) is 5.72. The fourth-order valence-corrected chi connectivity index (χ4v) is 2.59. The molecule has 0 saturated carbocycles. The quantitative estimate of drug-likeness (QED) is 0.654. The third-order valence-electron chi connectivity index (χ3n) is 3.88. The third kappa shape index (κ3) is 3.46. The van der Waals surface area contributed by atoms with E-state index in [9.17, 15) is 19.2 Å². The van der Waals surface area contributed by atoms with Gasteiger partial charge in [-0.1, -0.05) is 30.3 Å². The summed E-state index contributed by atoms with van der Waals surface area (Å²) in [6.45, 7) is 0.992. The van der Waals surface area contributed by atoms with Crippen molar-refractivity contribution in [3.8, 4) is 0 Å². The van der Waals surface area contributed by atoms with Crippen LogP contribution in [-0.4, -0.2) is 36.2 Å². The minimum absolute atomic E-state index is 0.250. The summed E-state index contributed by atoms with van der Waals surface area (Å²) in [5.74, 6) is -2.72. The number of amides is 2. The molecule has 3 rings (SSSR count). The molecule has 0 saturated heterocycles. The van der Waals surface area contributed by atoms with Gasteiger partial charge in [0.2, 0.25) is 0 Å². The van der Waals surface area contributed by atoms with Crippen molar-refractivity contribution >= 4 is 34.9 Å². The van der Waals surface area contributed by atoms with Crippen LogP contribution < -0.4 is 10.2 Å². The van der Waals surface area contributed by atoms with Crippen LogP contribution in [0.5, 0.6) is 0 Å². The summed E-state index contributed by atoms with van der Waals surface area (Å²) in [6.07, 6.45) is -1.05. The molecule has 1 aliphatic rings. The molecule has 7 nitrogen and oxygen atoms in total. The SMILES string of the molecule is C[C@H](OC(=O)CN1C(=O)C(=O)c2ccccc21)C(=O)Nc1ccccc1. The average molecular weight is 352 g/mol. The van der Waals surface area contributed by atoms with Gasteiger partial charge in [0.15, 0.2) is 6.10 Å². The van der Waals surface area contributed by atoms with Gasteiger partial charge in [-0.15, -0.1) is 0 Å². The highest BCUT2D eigenvalue weighted by Crippen LogP contribution is 2.28. The Hall–Kier alpha value is -3.48. The van der Waals surface area contributed by atoms with Crippen LogP contribution in [0.4, 0.5) is 11.4 Å². The zero-order chi connectivity index (χ0) is 18.7. The predicted molar refractivity (Wildman–Crippen MR) is 93.8 cm³/mol. The van der Waals surface area contributed by atoms with Crippen LogP contribution in [-0.2, 0) is 19.1 Å². The first-order valence-corrected chi connectivity index (χ1v) is 7.98. The van der Waals surface area contributed by atoms with Gasteiger partial charge in [-0.3, -0.25) is 24.1 Å². The molecule has 2 aromatic carbocycles. The Labute approximate surface area is 149 Å². The van der Waals surface area contributed by atoms with Crippen molar-refractivity contribution in [2.24, 2.45) is 0 Å². The molecular weight excluding hydrogens is 336 g/mol. The zero-order valence-electron chi connectivity index (χ0n) is 14.0. The van der Waals surface area contributed by atoms with Crippen LogP contribution in [0, 0.1) is 0 Å². The molecule has 132 valence electrons. The molecule has 0 fully saturated rings. The first-order valence-electron chi connectivity index (χ1n) is 7.98. The molecule has 1 aliphatic heterocycles. The van der Waals surface area contributed by atoms with Gasteiger partial charge in [0.05, 0.1) is 11.3 Å². The number of Topliss-reactive ketones (excluding diaryl/α,β-unsaturated/α-hetero) is 1. The number of carbonyl (C=O) groups excluding carboxylic acids is 4. The number of rotatable bonds is 5. The van der Waals surface area contributed by atoms with Crippen LogP contribution in [0.1, 0.15) is 17.3 Å². The first-order chi connectivity index (χ1) is 12.5.